The maximum atomic E-state index is 12.7. The molecule has 0 aliphatic carbocycles. The normalized spacial score (nSPS) is 11.3. The molecule has 0 bridgehead atoms. The van der Waals surface area contributed by atoms with Crippen molar-refractivity contribution in [1.29, 1.82) is 0 Å². The van der Waals surface area contributed by atoms with E-state index in [0.29, 0.717) is 0 Å². The molecule has 0 spiro atoms. The number of hydrogen-bond donors (Lipinski definition) is 2. The van der Waals surface area contributed by atoms with Crippen LogP contribution in [0.5, 0.6) is 5.75 Å². The number of carboxylic acid groups (broad SMARTS) is 1. The van der Waals surface area contributed by atoms with Crippen molar-refractivity contribution >= 4 is 21.7 Å². The van der Waals surface area contributed by atoms with Crippen LogP contribution in [0.1, 0.15) is 35.7 Å². The van der Waals surface area contributed by atoms with Gasteiger partial charge >= 0.3 is 5.97 Å². The van der Waals surface area contributed by atoms with E-state index in [1.54, 1.807) is 18.2 Å². The largest absolute Gasteiger partial charge is 0.495 e. The number of nitrogens with one attached hydrogen (secondary N) is 1. The molecule has 2 N–H and O–H groups in total. The summed E-state index contributed by atoms with van der Waals surface area (Å²) in [5.74, 6) is -0.882. The van der Waals surface area contributed by atoms with Gasteiger partial charge in [0, 0.05) is 0 Å². The Morgan fingerprint density at radius 2 is 1.83 bits per heavy atom. The first-order chi connectivity index (χ1) is 11.3. The molecule has 6 nitrogen and oxygen atoms in total. The van der Waals surface area contributed by atoms with Gasteiger partial charge in [-0.15, -0.1) is 0 Å². The van der Waals surface area contributed by atoms with E-state index in [1.807, 2.05) is 13.8 Å². The number of anilines is 1. The summed E-state index contributed by atoms with van der Waals surface area (Å²) in [7, 11) is -2.62. The Morgan fingerprint density at radius 3 is 2.42 bits per heavy atom. The lowest BCUT2D eigenvalue weighted by atomic mass is 10.0. The molecule has 2 rings (SSSR count). The number of methoxy groups -OCH3 is 1. The Morgan fingerprint density at radius 1 is 1.17 bits per heavy atom. The van der Waals surface area contributed by atoms with Crippen LogP contribution in [0.2, 0.25) is 0 Å². The summed E-state index contributed by atoms with van der Waals surface area (Å²) < 4.78 is 33.0. The third-order valence-electron chi connectivity index (χ3n) is 3.55. The summed E-state index contributed by atoms with van der Waals surface area (Å²) in [5.41, 5.74) is 0.713. The first kappa shape index (κ1) is 17.8. The van der Waals surface area contributed by atoms with Crippen LogP contribution in [0.4, 0.5) is 5.69 Å². The Bertz CT molecular complexity index is 859. The molecule has 0 aliphatic rings. The molecule has 2 aromatic carbocycles. The van der Waals surface area contributed by atoms with E-state index in [2.05, 4.69) is 4.72 Å². The fraction of sp³-hybridized carbons (Fsp3) is 0.235. The molecule has 0 heterocycles. The van der Waals surface area contributed by atoms with Crippen LogP contribution in [0.3, 0.4) is 0 Å². The zero-order valence-corrected chi connectivity index (χ0v) is 14.4. The van der Waals surface area contributed by atoms with E-state index in [0.717, 1.165) is 5.56 Å². The van der Waals surface area contributed by atoms with E-state index in [9.17, 15) is 18.3 Å². The van der Waals surface area contributed by atoms with Gasteiger partial charge in [-0.05, 0) is 35.7 Å². The summed E-state index contributed by atoms with van der Waals surface area (Å²) in [5, 5.41) is 9.19. The zero-order valence-electron chi connectivity index (χ0n) is 13.6. The van der Waals surface area contributed by atoms with Crippen LogP contribution in [-0.4, -0.2) is 26.6 Å². The van der Waals surface area contributed by atoms with Crippen LogP contribution in [0, 0.1) is 0 Å². The highest BCUT2D eigenvalue weighted by molar-refractivity contribution is 7.92. The minimum Gasteiger partial charge on any atom is -0.495 e. The third kappa shape index (κ3) is 3.68. The predicted octanol–water partition coefficient (Wildman–Crippen LogP) is 3.32. The number of hydrogen-bond acceptors (Lipinski definition) is 4. The molecule has 0 amide bonds. The molecule has 128 valence electrons. The monoisotopic (exact) mass is 349 g/mol. The zero-order chi connectivity index (χ0) is 17.9. The van der Waals surface area contributed by atoms with E-state index in [-0.39, 0.29) is 27.8 Å². The SMILES string of the molecule is COc1ccc(C(C)C)cc1S(=O)(=O)Nc1ccccc1C(=O)O. The molecule has 7 heteroatoms. The average Bonchev–Trinajstić information content (AvgIpc) is 2.54. The lowest BCUT2D eigenvalue weighted by Gasteiger charge is -2.15. The summed E-state index contributed by atoms with van der Waals surface area (Å²) >= 11 is 0. The number of carbonyl (C=O) groups is 1. The second-order valence-corrected chi connectivity index (χ2v) is 7.17. The summed E-state index contributed by atoms with van der Waals surface area (Å²) in [6, 6.07) is 10.8. The standard InChI is InChI=1S/C17H19NO5S/c1-11(2)12-8-9-15(23-3)16(10-12)24(21,22)18-14-7-5-4-6-13(14)17(19)20/h4-11,18H,1-3H3,(H,19,20). The molecule has 0 saturated heterocycles. The van der Waals surface area contributed by atoms with Gasteiger partial charge in [-0.1, -0.05) is 32.0 Å². The Kier molecular flexibility index (Phi) is 5.14. The molecule has 24 heavy (non-hydrogen) atoms. The highest BCUT2D eigenvalue weighted by atomic mass is 32.2. The molecule has 0 unspecified atom stereocenters. The number of sulfonamides is 1. The molecule has 0 aromatic heterocycles. The number of rotatable bonds is 6. The Labute approximate surface area is 141 Å². The van der Waals surface area contributed by atoms with Gasteiger partial charge in [0.15, 0.2) is 0 Å². The van der Waals surface area contributed by atoms with E-state index in [1.165, 1.54) is 31.4 Å². The topological polar surface area (TPSA) is 92.7 Å². The Balaban J connectivity index is 2.52. The molecular weight excluding hydrogens is 330 g/mol. The lowest BCUT2D eigenvalue weighted by Crippen LogP contribution is -2.16. The maximum absolute atomic E-state index is 12.7. The van der Waals surface area contributed by atoms with Gasteiger partial charge in [-0.3, -0.25) is 4.72 Å². The molecule has 2 aromatic rings. The third-order valence-corrected chi connectivity index (χ3v) is 4.93. The molecule has 0 fully saturated rings. The van der Waals surface area contributed by atoms with Crippen LogP contribution >= 0.6 is 0 Å². The van der Waals surface area contributed by atoms with Crippen molar-refractivity contribution in [1.82, 2.24) is 0 Å². The number of aromatic carboxylic acids is 1. The first-order valence-corrected chi connectivity index (χ1v) is 8.77. The van der Waals surface area contributed by atoms with E-state index < -0.39 is 16.0 Å². The fourth-order valence-corrected chi connectivity index (χ4v) is 3.51. The molecule has 0 saturated carbocycles. The molecule has 0 aliphatic heterocycles. The van der Waals surface area contributed by atoms with E-state index >= 15 is 0 Å². The fourth-order valence-electron chi connectivity index (χ4n) is 2.22. The predicted molar refractivity (Wildman–Crippen MR) is 91.3 cm³/mol. The number of para-hydroxylation sites is 1. The Hall–Kier alpha value is -2.54. The summed E-state index contributed by atoms with van der Waals surface area (Å²) in [6.45, 7) is 3.90. The first-order valence-electron chi connectivity index (χ1n) is 7.29. The van der Waals surface area contributed by atoms with Crippen molar-refractivity contribution in [2.45, 2.75) is 24.7 Å². The van der Waals surface area contributed by atoms with Gasteiger partial charge in [-0.2, -0.15) is 0 Å². The second kappa shape index (κ2) is 6.92. The van der Waals surface area contributed by atoms with Crippen molar-refractivity contribution < 1.29 is 23.1 Å². The molecule has 0 atom stereocenters. The van der Waals surface area contributed by atoms with Gasteiger partial charge in [0.25, 0.3) is 10.0 Å². The quantitative estimate of drug-likeness (QED) is 0.834. The van der Waals surface area contributed by atoms with Crippen molar-refractivity contribution in [3.8, 4) is 5.75 Å². The number of ether oxygens (including phenoxy) is 1. The molecule has 0 radical (unpaired) electrons. The summed E-state index contributed by atoms with van der Waals surface area (Å²) in [4.78, 5) is 11.2. The second-order valence-electron chi connectivity index (χ2n) is 5.52. The van der Waals surface area contributed by atoms with E-state index in [4.69, 9.17) is 4.74 Å². The minimum atomic E-state index is -4.01. The van der Waals surface area contributed by atoms with Crippen molar-refractivity contribution in [2.75, 3.05) is 11.8 Å². The number of carboxylic acids is 1. The maximum Gasteiger partial charge on any atom is 0.337 e. The summed E-state index contributed by atoms with van der Waals surface area (Å²) in [6.07, 6.45) is 0. The van der Waals surface area contributed by atoms with Gasteiger partial charge < -0.3 is 9.84 Å². The van der Waals surface area contributed by atoms with Crippen molar-refractivity contribution in [2.24, 2.45) is 0 Å². The highest BCUT2D eigenvalue weighted by Gasteiger charge is 2.23. The van der Waals surface area contributed by atoms with Crippen LogP contribution in [0.25, 0.3) is 0 Å². The van der Waals surface area contributed by atoms with Gasteiger partial charge in [0.1, 0.15) is 10.6 Å². The van der Waals surface area contributed by atoms with Crippen molar-refractivity contribution in [3.63, 3.8) is 0 Å². The van der Waals surface area contributed by atoms with Crippen molar-refractivity contribution in [3.05, 3.63) is 53.6 Å². The van der Waals surface area contributed by atoms with Gasteiger partial charge in [-0.25, -0.2) is 13.2 Å². The van der Waals surface area contributed by atoms with Crippen LogP contribution in [0.15, 0.2) is 47.4 Å². The minimum absolute atomic E-state index is 0.00185. The van der Waals surface area contributed by atoms with Crippen LogP contribution in [-0.2, 0) is 10.0 Å². The lowest BCUT2D eigenvalue weighted by molar-refractivity contribution is 0.0698. The van der Waals surface area contributed by atoms with Gasteiger partial charge in [0.05, 0.1) is 18.4 Å². The molecular formula is C17H19NO5S. The smallest absolute Gasteiger partial charge is 0.337 e. The number of benzene rings is 2. The highest BCUT2D eigenvalue weighted by Crippen LogP contribution is 2.30. The van der Waals surface area contributed by atoms with Gasteiger partial charge in [0.2, 0.25) is 0 Å². The van der Waals surface area contributed by atoms with Crippen LogP contribution < -0.4 is 9.46 Å². The average molecular weight is 349 g/mol.